The van der Waals surface area contributed by atoms with E-state index in [0.29, 0.717) is 28.4 Å². The SMILES string of the molecule is CC(=O)c1ccc(OCCC(=O)OCc2cc(=O)oc3cc(C)c(C(C)C)cc23)cc1. The third-order valence-corrected chi connectivity index (χ3v) is 5.06. The number of benzene rings is 2. The van der Waals surface area contributed by atoms with E-state index < -0.39 is 11.6 Å². The Balaban J connectivity index is 1.62. The van der Waals surface area contributed by atoms with Crippen LogP contribution in [0.4, 0.5) is 0 Å². The molecular formula is C25H26O6. The number of carbonyl (C=O) groups is 2. The second kappa shape index (κ2) is 9.60. The summed E-state index contributed by atoms with van der Waals surface area (Å²) in [4.78, 5) is 35.4. The van der Waals surface area contributed by atoms with Crippen LogP contribution in [0.25, 0.3) is 11.0 Å². The van der Waals surface area contributed by atoms with Crippen LogP contribution in [0.2, 0.25) is 0 Å². The Bertz CT molecular complexity index is 1160. The van der Waals surface area contributed by atoms with Crippen LogP contribution in [-0.4, -0.2) is 18.4 Å². The molecular weight excluding hydrogens is 396 g/mol. The van der Waals surface area contributed by atoms with Crippen molar-refractivity contribution < 1.29 is 23.5 Å². The first-order valence-electron chi connectivity index (χ1n) is 10.2. The Hall–Kier alpha value is -3.41. The van der Waals surface area contributed by atoms with E-state index in [4.69, 9.17) is 13.9 Å². The molecule has 0 saturated carbocycles. The molecule has 0 N–H and O–H groups in total. The third kappa shape index (κ3) is 5.60. The molecule has 0 aliphatic heterocycles. The Kier molecular flexibility index (Phi) is 6.90. The summed E-state index contributed by atoms with van der Waals surface area (Å²) in [6.45, 7) is 7.80. The van der Waals surface area contributed by atoms with Gasteiger partial charge in [0.15, 0.2) is 5.78 Å². The van der Waals surface area contributed by atoms with E-state index in [1.165, 1.54) is 13.0 Å². The smallest absolute Gasteiger partial charge is 0.336 e. The number of esters is 1. The number of fused-ring (bicyclic) bond motifs is 1. The van der Waals surface area contributed by atoms with E-state index in [-0.39, 0.29) is 25.4 Å². The summed E-state index contributed by atoms with van der Waals surface area (Å²) >= 11 is 0. The summed E-state index contributed by atoms with van der Waals surface area (Å²) in [6.07, 6.45) is 0.0597. The first kappa shape index (κ1) is 22.3. The maximum atomic E-state index is 12.2. The average Bonchev–Trinajstić information content (AvgIpc) is 2.71. The zero-order valence-corrected chi connectivity index (χ0v) is 18.2. The lowest BCUT2D eigenvalue weighted by atomic mass is 9.95. The molecule has 1 heterocycles. The molecule has 6 nitrogen and oxygen atoms in total. The fourth-order valence-electron chi connectivity index (χ4n) is 3.40. The van der Waals surface area contributed by atoms with Gasteiger partial charge in [-0.1, -0.05) is 13.8 Å². The topological polar surface area (TPSA) is 82.8 Å². The lowest BCUT2D eigenvalue weighted by molar-refractivity contribution is -0.145. The maximum absolute atomic E-state index is 12.2. The van der Waals surface area contributed by atoms with E-state index in [1.807, 2.05) is 19.1 Å². The zero-order valence-electron chi connectivity index (χ0n) is 18.2. The molecule has 3 rings (SSSR count). The molecule has 0 aliphatic rings. The first-order chi connectivity index (χ1) is 14.7. The van der Waals surface area contributed by atoms with Gasteiger partial charge >= 0.3 is 11.6 Å². The van der Waals surface area contributed by atoms with Gasteiger partial charge in [-0.2, -0.15) is 0 Å². The van der Waals surface area contributed by atoms with Crippen LogP contribution in [0, 0.1) is 6.92 Å². The standard InChI is InChI=1S/C25H26O6/c1-15(2)21-13-22-19(12-25(28)31-23(22)11-16(21)3)14-30-24(27)9-10-29-20-7-5-18(6-8-20)17(4)26/h5-8,11-13,15H,9-10,14H2,1-4H3. The van der Waals surface area contributed by atoms with E-state index >= 15 is 0 Å². The highest BCUT2D eigenvalue weighted by molar-refractivity contribution is 5.94. The summed E-state index contributed by atoms with van der Waals surface area (Å²) in [7, 11) is 0. The zero-order chi connectivity index (χ0) is 22.5. The predicted octanol–water partition coefficient (Wildman–Crippen LogP) is 4.94. The summed E-state index contributed by atoms with van der Waals surface area (Å²) in [5.41, 5.74) is 3.42. The first-order valence-corrected chi connectivity index (χ1v) is 10.2. The number of ketones is 1. The summed E-state index contributed by atoms with van der Waals surface area (Å²) in [5.74, 6) is 0.431. The van der Waals surface area contributed by atoms with Crippen LogP contribution in [0.15, 0.2) is 51.7 Å². The number of hydrogen-bond donors (Lipinski definition) is 0. The molecule has 31 heavy (non-hydrogen) atoms. The third-order valence-electron chi connectivity index (χ3n) is 5.06. The summed E-state index contributed by atoms with van der Waals surface area (Å²) < 4.78 is 16.2. The molecule has 2 aromatic carbocycles. The Labute approximate surface area is 180 Å². The van der Waals surface area contributed by atoms with Crippen molar-refractivity contribution in [2.24, 2.45) is 0 Å². The molecule has 3 aromatic rings. The van der Waals surface area contributed by atoms with Gasteiger partial charge in [-0.05, 0) is 67.3 Å². The van der Waals surface area contributed by atoms with Crippen molar-refractivity contribution in [3.05, 3.63) is 75.1 Å². The fraction of sp³-hybridized carbons (Fsp3) is 0.320. The van der Waals surface area contributed by atoms with E-state index in [9.17, 15) is 14.4 Å². The molecule has 0 saturated heterocycles. The number of carbonyl (C=O) groups excluding carboxylic acids is 2. The predicted molar refractivity (Wildman–Crippen MR) is 118 cm³/mol. The Morgan fingerprint density at radius 1 is 1.06 bits per heavy atom. The van der Waals surface area contributed by atoms with Gasteiger partial charge in [0.2, 0.25) is 0 Å². The van der Waals surface area contributed by atoms with Crippen LogP contribution in [0.5, 0.6) is 5.75 Å². The number of Topliss-reactive ketones (excluding diaryl/α,β-unsaturated/α-hetero) is 1. The van der Waals surface area contributed by atoms with Crippen LogP contribution in [0.3, 0.4) is 0 Å². The molecule has 1 aromatic heterocycles. The molecule has 0 spiro atoms. The molecule has 0 amide bonds. The van der Waals surface area contributed by atoms with Gasteiger partial charge < -0.3 is 13.9 Å². The lowest BCUT2D eigenvalue weighted by Crippen LogP contribution is -2.11. The van der Waals surface area contributed by atoms with Gasteiger partial charge in [-0.25, -0.2) is 4.79 Å². The van der Waals surface area contributed by atoms with Crippen molar-refractivity contribution in [3.8, 4) is 5.75 Å². The second-order valence-electron chi connectivity index (χ2n) is 7.79. The highest BCUT2D eigenvalue weighted by Gasteiger charge is 2.13. The average molecular weight is 422 g/mol. The molecule has 0 unspecified atom stereocenters. The molecule has 0 fully saturated rings. The lowest BCUT2D eigenvalue weighted by Gasteiger charge is -2.13. The monoisotopic (exact) mass is 422 g/mol. The minimum Gasteiger partial charge on any atom is -0.493 e. The molecule has 162 valence electrons. The molecule has 6 heteroatoms. The van der Waals surface area contributed by atoms with Crippen molar-refractivity contribution in [1.82, 2.24) is 0 Å². The van der Waals surface area contributed by atoms with Crippen molar-refractivity contribution in [1.29, 1.82) is 0 Å². The normalized spacial score (nSPS) is 11.0. The van der Waals surface area contributed by atoms with Gasteiger partial charge in [0, 0.05) is 22.6 Å². The number of ether oxygens (including phenoxy) is 2. The summed E-state index contributed by atoms with van der Waals surface area (Å²) in [5, 5.41) is 0.767. The van der Waals surface area contributed by atoms with Gasteiger partial charge in [-0.15, -0.1) is 0 Å². The van der Waals surface area contributed by atoms with Crippen molar-refractivity contribution >= 4 is 22.7 Å². The van der Waals surface area contributed by atoms with Gasteiger partial charge in [0.25, 0.3) is 0 Å². The fourth-order valence-corrected chi connectivity index (χ4v) is 3.40. The van der Waals surface area contributed by atoms with Crippen molar-refractivity contribution in [2.75, 3.05) is 6.61 Å². The minimum absolute atomic E-state index is 0.0190. The van der Waals surface area contributed by atoms with Crippen molar-refractivity contribution in [2.45, 2.75) is 46.6 Å². The molecule has 0 atom stereocenters. The highest BCUT2D eigenvalue weighted by atomic mass is 16.5. The van der Waals surface area contributed by atoms with Gasteiger partial charge in [0.1, 0.15) is 17.9 Å². The highest BCUT2D eigenvalue weighted by Crippen LogP contribution is 2.27. The minimum atomic E-state index is -0.479. The quantitative estimate of drug-likeness (QED) is 0.290. The van der Waals surface area contributed by atoms with Crippen molar-refractivity contribution in [3.63, 3.8) is 0 Å². The van der Waals surface area contributed by atoms with Gasteiger partial charge in [-0.3, -0.25) is 9.59 Å². The van der Waals surface area contributed by atoms with Gasteiger partial charge in [0.05, 0.1) is 13.0 Å². The van der Waals surface area contributed by atoms with E-state index in [0.717, 1.165) is 16.5 Å². The van der Waals surface area contributed by atoms with Crippen LogP contribution >= 0.6 is 0 Å². The van der Waals surface area contributed by atoms with Crippen LogP contribution < -0.4 is 10.4 Å². The largest absolute Gasteiger partial charge is 0.493 e. The number of rotatable bonds is 8. The Morgan fingerprint density at radius 2 is 1.77 bits per heavy atom. The Morgan fingerprint density at radius 3 is 2.42 bits per heavy atom. The van der Waals surface area contributed by atoms with Crippen LogP contribution in [0.1, 0.15) is 60.2 Å². The molecule has 0 radical (unpaired) electrons. The number of aryl methyl sites for hydroxylation is 1. The maximum Gasteiger partial charge on any atom is 0.336 e. The molecule has 0 aliphatic carbocycles. The summed E-state index contributed by atoms with van der Waals surface area (Å²) in [6, 6.07) is 11.9. The number of hydrogen-bond acceptors (Lipinski definition) is 6. The van der Waals surface area contributed by atoms with E-state index in [2.05, 4.69) is 13.8 Å². The second-order valence-corrected chi connectivity index (χ2v) is 7.79. The van der Waals surface area contributed by atoms with E-state index in [1.54, 1.807) is 24.3 Å². The van der Waals surface area contributed by atoms with Crippen LogP contribution in [-0.2, 0) is 16.1 Å². The molecule has 0 bridgehead atoms.